The van der Waals surface area contributed by atoms with Gasteiger partial charge in [0.2, 0.25) is 0 Å². The first-order valence-corrected chi connectivity index (χ1v) is 2.48. The molecular weight excluding hydrogens is 104 g/mol. The van der Waals surface area contributed by atoms with Gasteiger partial charge in [0.25, 0.3) is 0 Å². The van der Waals surface area contributed by atoms with Crippen molar-refractivity contribution in [1.82, 2.24) is 0 Å². The molecule has 0 fully saturated rings. The van der Waals surface area contributed by atoms with Gasteiger partial charge in [-0.15, -0.1) is 12.3 Å². The van der Waals surface area contributed by atoms with Crippen molar-refractivity contribution < 1.29 is 10.2 Å². The Morgan fingerprint density at radius 3 is 2.25 bits per heavy atom. The lowest BCUT2D eigenvalue weighted by Crippen LogP contribution is -2.21. The van der Waals surface area contributed by atoms with Crippen LogP contribution in [-0.4, -0.2) is 22.4 Å². The zero-order valence-electron chi connectivity index (χ0n) is 4.83. The summed E-state index contributed by atoms with van der Waals surface area (Å²) in [6.07, 6.45) is 3.59. The summed E-state index contributed by atoms with van der Waals surface area (Å²) in [5.41, 5.74) is 0. The summed E-state index contributed by atoms with van der Waals surface area (Å²) < 4.78 is 0. The van der Waals surface area contributed by atoms with E-state index >= 15 is 0 Å². The Kier molecular flexibility index (Phi) is 3.25. The van der Waals surface area contributed by atoms with Gasteiger partial charge in [-0.25, -0.2) is 0 Å². The molecule has 0 saturated heterocycles. The molecule has 0 aliphatic rings. The number of hydrogen-bond donors (Lipinski definition) is 2. The second-order valence-electron chi connectivity index (χ2n) is 1.72. The monoisotopic (exact) mass is 114 g/mol. The summed E-state index contributed by atoms with van der Waals surface area (Å²) in [6.45, 7) is 1.50. The summed E-state index contributed by atoms with van der Waals surface area (Å²) in [4.78, 5) is 0. The zero-order valence-corrected chi connectivity index (χ0v) is 4.83. The lowest BCUT2D eigenvalue weighted by Gasteiger charge is -2.08. The van der Waals surface area contributed by atoms with Crippen LogP contribution in [0, 0.1) is 12.3 Å². The maximum Gasteiger partial charge on any atom is 0.0905 e. The summed E-state index contributed by atoms with van der Waals surface area (Å²) in [5.74, 6) is 2.24. The Bertz CT molecular complexity index is 91.2. The highest BCUT2D eigenvalue weighted by atomic mass is 16.3. The van der Waals surface area contributed by atoms with Crippen molar-refractivity contribution in [1.29, 1.82) is 0 Å². The van der Waals surface area contributed by atoms with Gasteiger partial charge in [0.1, 0.15) is 0 Å². The third kappa shape index (κ3) is 2.62. The van der Waals surface area contributed by atoms with Crippen LogP contribution in [0.3, 0.4) is 0 Å². The largest absolute Gasteiger partial charge is 0.391 e. The van der Waals surface area contributed by atoms with Gasteiger partial charge >= 0.3 is 0 Å². The predicted molar refractivity (Wildman–Crippen MR) is 31.1 cm³/mol. The Morgan fingerprint density at radius 2 is 2.12 bits per heavy atom. The van der Waals surface area contributed by atoms with Gasteiger partial charge < -0.3 is 10.2 Å². The van der Waals surface area contributed by atoms with E-state index in [1.54, 1.807) is 0 Å². The minimum absolute atomic E-state index is 0.220. The maximum absolute atomic E-state index is 8.73. The van der Waals surface area contributed by atoms with E-state index < -0.39 is 12.2 Å². The average Bonchev–Trinajstić information content (AvgIpc) is 1.67. The topological polar surface area (TPSA) is 40.5 Å². The fraction of sp³-hybridized carbons (Fsp3) is 0.667. The summed E-state index contributed by atoms with van der Waals surface area (Å²) in [5, 5.41) is 17.3. The quantitative estimate of drug-likeness (QED) is 0.486. The van der Waals surface area contributed by atoms with Gasteiger partial charge in [-0.3, -0.25) is 0 Å². The number of rotatable bonds is 2. The van der Waals surface area contributed by atoms with E-state index in [2.05, 4.69) is 5.92 Å². The van der Waals surface area contributed by atoms with Gasteiger partial charge in [0.15, 0.2) is 0 Å². The van der Waals surface area contributed by atoms with Gasteiger partial charge in [0, 0.05) is 6.42 Å². The Labute approximate surface area is 49.2 Å². The molecule has 2 N–H and O–H groups in total. The molecule has 0 spiro atoms. The predicted octanol–water partition coefficient (Wildman–Crippen LogP) is -0.249. The molecule has 2 nitrogen and oxygen atoms in total. The van der Waals surface area contributed by atoms with Crippen molar-refractivity contribution in [2.75, 3.05) is 0 Å². The van der Waals surface area contributed by atoms with Crippen molar-refractivity contribution in [2.24, 2.45) is 0 Å². The van der Waals surface area contributed by atoms with E-state index in [0.29, 0.717) is 0 Å². The van der Waals surface area contributed by atoms with E-state index in [1.807, 2.05) is 0 Å². The van der Waals surface area contributed by atoms with Crippen molar-refractivity contribution >= 4 is 0 Å². The van der Waals surface area contributed by atoms with Crippen LogP contribution in [0.1, 0.15) is 13.3 Å². The normalized spacial score (nSPS) is 16.8. The third-order valence-corrected chi connectivity index (χ3v) is 0.884. The molecule has 0 heterocycles. The molecule has 0 radical (unpaired) electrons. The molecule has 0 unspecified atom stereocenters. The number of aliphatic hydroxyl groups is 2. The highest BCUT2D eigenvalue weighted by molar-refractivity contribution is 4.88. The van der Waals surface area contributed by atoms with Crippen molar-refractivity contribution in [2.45, 2.75) is 25.6 Å². The molecule has 0 rings (SSSR count). The molecule has 0 aromatic heterocycles. The average molecular weight is 114 g/mol. The van der Waals surface area contributed by atoms with Crippen molar-refractivity contribution in [3.63, 3.8) is 0 Å². The van der Waals surface area contributed by atoms with Crippen molar-refractivity contribution in [3.05, 3.63) is 0 Å². The third-order valence-electron chi connectivity index (χ3n) is 0.884. The smallest absolute Gasteiger partial charge is 0.0905 e. The van der Waals surface area contributed by atoms with E-state index in [4.69, 9.17) is 16.6 Å². The molecule has 0 saturated carbocycles. The minimum atomic E-state index is -0.764. The number of aliphatic hydroxyl groups excluding tert-OH is 2. The highest BCUT2D eigenvalue weighted by Gasteiger charge is 2.07. The van der Waals surface area contributed by atoms with Gasteiger partial charge in [-0.1, -0.05) is 0 Å². The maximum atomic E-state index is 8.73. The lowest BCUT2D eigenvalue weighted by molar-refractivity contribution is 0.0350. The summed E-state index contributed by atoms with van der Waals surface area (Å²) >= 11 is 0. The van der Waals surface area contributed by atoms with E-state index in [0.717, 1.165) is 0 Å². The molecule has 0 aromatic carbocycles. The molecule has 2 atom stereocenters. The standard InChI is InChI=1S/C6H10O2/c1-3-4-6(8)5(2)7/h1,5-8H,4H2,2H3/t5-,6-/m0/s1. The minimum Gasteiger partial charge on any atom is -0.391 e. The van der Waals surface area contributed by atoms with Crippen LogP contribution >= 0.6 is 0 Å². The fourth-order valence-electron chi connectivity index (χ4n) is 0.291. The molecule has 46 valence electrons. The molecule has 0 amide bonds. The Balaban J connectivity index is 3.35. The Hall–Kier alpha value is -0.520. The molecule has 0 bridgehead atoms. The van der Waals surface area contributed by atoms with Crippen LogP contribution < -0.4 is 0 Å². The van der Waals surface area contributed by atoms with E-state index in [9.17, 15) is 0 Å². The highest BCUT2D eigenvalue weighted by Crippen LogP contribution is 1.94. The van der Waals surface area contributed by atoms with Crippen LogP contribution in [0.5, 0.6) is 0 Å². The lowest BCUT2D eigenvalue weighted by atomic mass is 10.2. The van der Waals surface area contributed by atoms with E-state index in [-0.39, 0.29) is 6.42 Å². The summed E-state index contributed by atoms with van der Waals surface area (Å²) in [6, 6.07) is 0. The first kappa shape index (κ1) is 7.48. The number of terminal acetylenes is 1. The van der Waals surface area contributed by atoms with Crippen LogP contribution in [0.4, 0.5) is 0 Å². The molecule has 8 heavy (non-hydrogen) atoms. The number of hydrogen-bond acceptors (Lipinski definition) is 2. The molecule has 0 aliphatic heterocycles. The molecule has 2 heteroatoms. The second-order valence-corrected chi connectivity index (χ2v) is 1.72. The van der Waals surface area contributed by atoms with Gasteiger partial charge in [-0.05, 0) is 6.92 Å². The van der Waals surface area contributed by atoms with Crippen LogP contribution in [0.15, 0.2) is 0 Å². The van der Waals surface area contributed by atoms with Crippen LogP contribution in [0.2, 0.25) is 0 Å². The first-order chi connectivity index (χ1) is 3.68. The van der Waals surface area contributed by atoms with Gasteiger partial charge in [0.05, 0.1) is 12.2 Å². The van der Waals surface area contributed by atoms with E-state index in [1.165, 1.54) is 6.92 Å². The molecule has 0 aliphatic carbocycles. The second kappa shape index (κ2) is 3.48. The zero-order chi connectivity index (χ0) is 6.57. The van der Waals surface area contributed by atoms with Crippen molar-refractivity contribution in [3.8, 4) is 12.3 Å². The SMILES string of the molecule is C#CC[C@H](O)[C@H](C)O. The molecular formula is C6H10O2. The summed E-state index contributed by atoms with van der Waals surface area (Å²) in [7, 11) is 0. The van der Waals surface area contributed by atoms with Crippen LogP contribution in [0.25, 0.3) is 0 Å². The van der Waals surface area contributed by atoms with Gasteiger partial charge in [-0.2, -0.15) is 0 Å². The van der Waals surface area contributed by atoms with Crippen LogP contribution in [-0.2, 0) is 0 Å². The molecule has 0 aromatic rings. The first-order valence-electron chi connectivity index (χ1n) is 2.48. The Morgan fingerprint density at radius 1 is 1.62 bits per heavy atom. The fourth-order valence-corrected chi connectivity index (χ4v) is 0.291.